The first-order chi connectivity index (χ1) is 4.74. The van der Waals surface area contributed by atoms with Gasteiger partial charge in [0.05, 0.1) is 5.75 Å². The summed E-state index contributed by atoms with van der Waals surface area (Å²) in [5, 5.41) is 2.72. The number of nitrogens with two attached hydrogens (primary N) is 1. The van der Waals surface area contributed by atoms with Crippen molar-refractivity contribution in [2.75, 3.05) is 12.3 Å². The summed E-state index contributed by atoms with van der Waals surface area (Å²) in [5.41, 5.74) is 6.32. The quantitative estimate of drug-likeness (QED) is 0.566. The lowest BCUT2D eigenvalue weighted by Crippen LogP contribution is -2.29. The number of amides is 1. The second kappa shape index (κ2) is 3.07. The minimum atomic E-state index is 0.0692. The van der Waals surface area contributed by atoms with Crippen molar-refractivity contribution in [3.05, 3.63) is 10.6 Å². The van der Waals surface area contributed by atoms with Gasteiger partial charge in [0.1, 0.15) is 0 Å². The number of thioether (sulfide) groups is 1. The highest BCUT2D eigenvalue weighted by Gasteiger charge is 2.13. The summed E-state index contributed by atoms with van der Waals surface area (Å²) in [6.07, 6.45) is 0. The van der Waals surface area contributed by atoms with Gasteiger partial charge in [0, 0.05) is 17.1 Å². The van der Waals surface area contributed by atoms with Crippen LogP contribution in [-0.4, -0.2) is 18.2 Å². The van der Waals surface area contributed by atoms with Crippen LogP contribution in [0.15, 0.2) is 10.6 Å². The molecule has 1 heterocycles. The monoisotopic (exact) mass is 158 g/mol. The van der Waals surface area contributed by atoms with Crippen LogP contribution >= 0.6 is 11.8 Å². The van der Waals surface area contributed by atoms with Crippen molar-refractivity contribution in [2.24, 2.45) is 5.73 Å². The van der Waals surface area contributed by atoms with E-state index in [1.54, 1.807) is 0 Å². The largest absolute Gasteiger partial charge is 0.328 e. The number of rotatable bonds is 1. The molecule has 1 aliphatic heterocycles. The summed E-state index contributed by atoms with van der Waals surface area (Å²) < 4.78 is 0. The van der Waals surface area contributed by atoms with E-state index in [2.05, 4.69) is 5.32 Å². The van der Waals surface area contributed by atoms with Gasteiger partial charge in [0.2, 0.25) is 5.91 Å². The van der Waals surface area contributed by atoms with E-state index < -0.39 is 0 Å². The highest BCUT2D eigenvalue weighted by Crippen LogP contribution is 2.20. The minimum Gasteiger partial charge on any atom is -0.328 e. The molecular weight excluding hydrogens is 148 g/mol. The highest BCUT2D eigenvalue weighted by atomic mass is 32.2. The van der Waals surface area contributed by atoms with E-state index in [1.807, 2.05) is 6.92 Å². The predicted octanol–water partition coefficient (Wildman–Crippen LogP) is 0.0396. The summed E-state index contributed by atoms with van der Waals surface area (Å²) in [5.74, 6) is 0.573. The molecule has 4 heteroatoms. The number of nitrogens with one attached hydrogen (secondary N) is 1. The molecule has 0 aromatic rings. The molecule has 0 radical (unpaired) electrons. The molecule has 56 valence electrons. The number of hydrogen-bond donors (Lipinski definition) is 2. The Morgan fingerprint density at radius 1 is 1.80 bits per heavy atom. The summed E-state index contributed by atoms with van der Waals surface area (Å²) in [6.45, 7) is 2.39. The first-order valence-corrected chi connectivity index (χ1v) is 4.05. The van der Waals surface area contributed by atoms with Gasteiger partial charge in [0.15, 0.2) is 0 Å². The van der Waals surface area contributed by atoms with Gasteiger partial charge in [-0.1, -0.05) is 0 Å². The molecule has 3 N–H and O–H groups in total. The highest BCUT2D eigenvalue weighted by molar-refractivity contribution is 8.03. The van der Waals surface area contributed by atoms with Crippen LogP contribution in [0.2, 0.25) is 0 Å². The van der Waals surface area contributed by atoms with Crippen LogP contribution in [0.3, 0.4) is 0 Å². The van der Waals surface area contributed by atoms with E-state index >= 15 is 0 Å². The fraction of sp³-hybridized carbons (Fsp3) is 0.500. The Kier molecular flexibility index (Phi) is 2.34. The molecule has 0 aliphatic carbocycles. The van der Waals surface area contributed by atoms with Gasteiger partial charge in [-0.15, -0.1) is 11.8 Å². The molecular formula is C6H10N2OS. The predicted molar refractivity (Wildman–Crippen MR) is 42.4 cm³/mol. The van der Waals surface area contributed by atoms with Crippen molar-refractivity contribution in [3.8, 4) is 0 Å². The Morgan fingerprint density at radius 2 is 2.50 bits per heavy atom. The van der Waals surface area contributed by atoms with Crippen LogP contribution in [0.25, 0.3) is 0 Å². The van der Waals surface area contributed by atoms with E-state index in [0.717, 1.165) is 10.6 Å². The first-order valence-electron chi connectivity index (χ1n) is 3.06. The molecule has 0 bridgehead atoms. The van der Waals surface area contributed by atoms with Crippen LogP contribution in [0, 0.1) is 0 Å². The van der Waals surface area contributed by atoms with Crippen LogP contribution in [-0.2, 0) is 4.79 Å². The van der Waals surface area contributed by atoms with Crippen LogP contribution in [0.5, 0.6) is 0 Å². The third-order valence-corrected chi connectivity index (χ3v) is 2.54. The summed E-state index contributed by atoms with van der Waals surface area (Å²) >= 11 is 1.52. The molecule has 1 aliphatic rings. The van der Waals surface area contributed by atoms with Crippen molar-refractivity contribution >= 4 is 17.7 Å². The fourth-order valence-corrected chi connectivity index (χ4v) is 1.55. The number of hydrogen-bond acceptors (Lipinski definition) is 3. The Bertz CT molecular complexity index is 188. The molecule has 0 fully saturated rings. The average Bonchev–Trinajstić information content (AvgIpc) is 1.88. The average molecular weight is 158 g/mol. The van der Waals surface area contributed by atoms with Gasteiger partial charge in [-0.2, -0.15) is 0 Å². The van der Waals surface area contributed by atoms with E-state index in [1.165, 1.54) is 11.8 Å². The molecule has 0 saturated carbocycles. The third-order valence-electron chi connectivity index (χ3n) is 1.31. The Balaban J connectivity index is 2.70. The van der Waals surface area contributed by atoms with Crippen molar-refractivity contribution in [1.29, 1.82) is 0 Å². The Labute approximate surface area is 64.0 Å². The van der Waals surface area contributed by atoms with Gasteiger partial charge >= 0.3 is 0 Å². The minimum absolute atomic E-state index is 0.0692. The Hall–Kier alpha value is -0.480. The smallest absolute Gasteiger partial charge is 0.234 e. The van der Waals surface area contributed by atoms with E-state index in [9.17, 15) is 4.79 Å². The maximum Gasteiger partial charge on any atom is 0.234 e. The van der Waals surface area contributed by atoms with Gasteiger partial charge in [-0.25, -0.2) is 0 Å². The molecule has 0 spiro atoms. The van der Waals surface area contributed by atoms with Crippen molar-refractivity contribution in [1.82, 2.24) is 5.32 Å². The number of allylic oxidation sites excluding steroid dienone is 1. The van der Waals surface area contributed by atoms with Gasteiger partial charge in [-0.3, -0.25) is 4.79 Å². The molecule has 3 nitrogen and oxygen atoms in total. The zero-order chi connectivity index (χ0) is 7.56. The molecule has 0 atom stereocenters. The van der Waals surface area contributed by atoms with Gasteiger partial charge in [0.25, 0.3) is 0 Å². The van der Waals surface area contributed by atoms with E-state index in [4.69, 9.17) is 5.73 Å². The van der Waals surface area contributed by atoms with E-state index in [-0.39, 0.29) is 5.91 Å². The zero-order valence-electron chi connectivity index (χ0n) is 5.81. The summed E-state index contributed by atoms with van der Waals surface area (Å²) in [7, 11) is 0. The van der Waals surface area contributed by atoms with Crippen molar-refractivity contribution in [3.63, 3.8) is 0 Å². The lowest BCUT2D eigenvalue weighted by Gasteiger charge is -2.15. The summed E-state index contributed by atoms with van der Waals surface area (Å²) in [4.78, 5) is 11.8. The molecule has 1 amide bonds. The van der Waals surface area contributed by atoms with Crippen LogP contribution < -0.4 is 11.1 Å². The lowest BCUT2D eigenvalue weighted by atomic mass is 10.4. The van der Waals surface area contributed by atoms with Crippen LogP contribution in [0.4, 0.5) is 0 Å². The molecule has 0 saturated heterocycles. The molecule has 0 aromatic heterocycles. The number of carbonyl (C=O) groups excluding carboxylic acids is 1. The second-order valence-corrected chi connectivity index (χ2v) is 3.16. The maximum absolute atomic E-state index is 10.7. The number of carbonyl (C=O) groups is 1. The van der Waals surface area contributed by atoms with E-state index in [0.29, 0.717) is 12.3 Å². The standard InChI is InChI=1S/C6H10N2OS/c1-4-5(2-7)10-3-6(9)8-4/h2-3,7H2,1H3,(H,8,9). The molecule has 1 rings (SSSR count). The van der Waals surface area contributed by atoms with Crippen LogP contribution in [0.1, 0.15) is 6.92 Å². The van der Waals surface area contributed by atoms with Gasteiger partial charge < -0.3 is 11.1 Å². The van der Waals surface area contributed by atoms with Crippen molar-refractivity contribution < 1.29 is 4.79 Å². The SMILES string of the molecule is CC1=C(CN)SCC(=O)N1. The molecule has 0 unspecified atom stereocenters. The molecule has 10 heavy (non-hydrogen) atoms. The van der Waals surface area contributed by atoms with Gasteiger partial charge in [-0.05, 0) is 6.92 Å². The first kappa shape index (κ1) is 7.63. The Morgan fingerprint density at radius 3 is 3.00 bits per heavy atom. The topological polar surface area (TPSA) is 55.1 Å². The normalized spacial score (nSPS) is 19.2. The molecule has 0 aromatic carbocycles. The third kappa shape index (κ3) is 1.52. The zero-order valence-corrected chi connectivity index (χ0v) is 6.62. The summed E-state index contributed by atoms with van der Waals surface area (Å²) in [6, 6.07) is 0. The lowest BCUT2D eigenvalue weighted by molar-refractivity contribution is -0.117. The maximum atomic E-state index is 10.7. The van der Waals surface area contributed by atoms with Crippen molar-refractivity contribution in [2.45, 2.75) is 6.92 Å². The second-order valence-electron chi connectivity index (χ2n) is 2.09. The fourth-order valence-electron chi connectivity index (χ4n) is 0.788.